The van der Waals surface area contributed by atoms with Gasteiger partial charge >= 0.3 is 0 Å². The molecule has 1 aliphatic heterocycles. The van der Waals surface area contributed by atoms with Crippen molar-refractivity contribution in [2.45, 2.75) is 11.0 Å². The van der Waals surface area contributed by atoms with Crippen LogP contribution in [0.2, 0.25) is 0 Å². The monoisotopic (exact) mass is 331 g/mol. The number of thioether (sulfide) groups is 1. The molecule has 0 spiro atoms. The summed E-state index contributed by atoms with van der Waals surface area (Å²) in [5.41, 5.74) is 1.08. The van der Waals surface area contributed by atoms with Crippen LogP contribution in [0.4, 0.5) is 4.39 Å². The molecule has 0 aliphatic carbocycles. The van der Waals surface area contributed by atoms with Crippen LogP contribution in [0, 0.1) is 5.82 Å². The number of halogens is 1. The fraction of sp³-hybridized carbons (Fsp3) is 0.278. The maximum Gasteiger partial charge on any atom is 0.233 e. The molecule has 23 heavy (non-hydrogen) atoms. The highest BCUT2D eigenvalue weighted by molar-refractivity contribution is 8.00. The van der Waals surface area contributed by atoms with Crippen molar-refractivity contribution >= 4 is 17.7 Å². The van der Waals surface area contributed by atoms with Crippen molar-refractivity contribution < 1.29 is 13.9 Å². The summed E-state index contributed by atoms with van der Waals surface area (Å²) in [5, 5.41) is 0. The summed E-state index contributed by atoms with van der Waals surface area (Å²) in [6.07, 6.45) is -0.0904. The third-order valence-electron chi connectivity index (χ3n) is 3.78. The van der Waals surface area contributed by atoms with E-state index in [4.69, 9.17) is 4.74 Å². The summed E-state index contributed by atoms with van der Waals surface area (Å²) < 4.78 is 19.4. The molecule has 0 saturated carbocycles. The van der Waals surface area contributed by atoms with Gasteiger partial charge in [0, 0.05) is 11.4 Å². The lowest BCUT2D eigenvalue weighted by atomic mass is 10.1. The zero-order chi connectivity index (χ0) is 16.1. The minimum Gasteiger partial charge on any atom is -0.370 e. The highest BCUT2D eigenvalue weighted by Crippen LogP contribution is 2.25. The molecule has 0 N–H and O–H groups in total. The number of carbonyl (C=O) groups is 1. The molecule has 3 nitrogen and oxygen atoms in total. The van der Waals surface area contributed by atoms with Gasteiger partial charge in [0.05, 0.1) is 18.9 Å². The Morgan fingerprint density at radius 3 is 2.70 bits per heavy atom. The van der Waals surface area contributed by atoms with Crippen LogP contribution in [0.1, 0.15) is 11.7 Å². The Morgan fingerprint density at radius 1 is 1.17 bits per heavy atom. The van der Waals surface area contributed by atoms with Gasteiger partial charge in [-0.2, -0.15) is 0 Å². The van der Waals surface area contributed by atoms with Gasteiger partial charge in [0.25, 0.3) is 0 Å². The Bertz CT molecular complexity index is 665. The fourth-order valence-electron chi connectivity index (χ4n) is 2.54. The largest absolute Gasteiger partial charge is 0.370 e. The molecule has 1 heterocycles. The van der Waals surface area contributed by atoms with Crippen LogP contribution in [0.5, 0.6) is 0 Å². The molecule has 1 unspecified atom stereocenters. The normalized spacial score (nSPS) is 18.0. The average Bonchev–Trinajstić information content (AvgIpc) is 2.62. The third-order valence-corrected chi connectivity index (χ3v) is 4.81. The van der Waals surface area contributed by atoms with E-state index in [2.05, 4.69) is 0 Å². The molecule has 1 fully saturated rings. The smallest absolute Gasteiger partial charge is 0.233 e. The highest BCUT2D eigenvalue weighted by Gasteiger charge is 2.25. The number of hydrogen-bond donors (Lipinski definition) is 0. The van der Waals surface area contributed by atoms with Gasteiger partial charge in [-0.3, -0.25) is 4.79 Å². The zero-order valence-electron chi connectivity index (χ0n) is 12.7. The van der Waals surface area contributed by atoms with E-state index in [0.717, 1.165) is 5.56 Å². The Kier molecular flexibility index (Phi) is 5.31. The number of ether oxygens (including phenoxy) is 1. The quantitative estimate of drug-likeness (QED) is 0.803. The van der Waals surface area contributed by atoms with E-state index in [9.17, 15) is 9.18 Å². The number of rotatable bonds is 4. The second-order valence-corrected chi connectivity index (χ2v) is 6.35. The Balaban J connectivity index is 1.58. The molecule has 1 atom stereocenters. The summed E-state index contributed by atoms with van der Waals surface area (Å²) in [5.74, 6) is -0.0282. The van der Waals surface area contributed by atoms with Crippen LogP contribution in [-0.4, -0.2) is 36.3 Å². The van der Waals surface area contributed by atoms with Gasteiger partial charge in [-0.15, -0.1) is 11.8 Å². The van der Waals surface area contributed by atoms with E-state index in [-0.39, 0.29) is 23.6 Å². The molecular weight excluding hydrogens is 313 g/mol. The molecular formula is C18H18FNO2S. The third kappa shape index (κ3) is 4.12. The van der Waals surface area contributed by atoms with Crippen molar-refractivity contribution in [3.63, 3.8) is 0 Å². The predicted octanol–water partition coefficient (Wildman–Crippen LogP) is 3.52. The van der Waals surface area contributed by atoms with Gasteiger partial charge in [0.2, 0.25) is 5.91 Å². The average molecular weight is 331 g/mol. The van der Waals surface area contributed by atoms with Gasteiger partial charge in [-0.1, -0.05) is 42.5 Å². The number of amides is 1. The SMILES string of the molecule is O=C(CSc1ccccc1F)N1CCOC(c2ccccc2)C1. The highest BCUT2D eigenvalue weighted by atomic mass is 32.2. The standard InChI is InChI=1S/C18H18FNO2S/c19-15-8-4-5-9-17(15)23-13-18(21)20-10-11-22-16(12-20)14-6-2-1-3-7-14/h1-9,16H,10-13H2. The lowest BCUT2D eigenvalue weighted by Gasteiger charge is -2.33. The summed E-state index contributed by atoms with van der Waals surface area (Å²) in [6, 6.07) is 16.4. The van der Waals surface area contributed by atoms with E-state index in [1.807, 2.05) is 30.3 Å². The number of hydrogen-bond acceptors (Lipinski definition) is 3. The van der Waals surface area contributed by atoms with E-state index in [1.54, 1.807) is 23.1 Å². The van der Waals surface area contributed by atoms with E-state index in [0.29, 0.717) is 24.6 Å². The summed E-state index contributed by atoms with van der Waals surface area (Å²) in [7, 11) is 0. The molecule has 5 heteroatoms. The molecule has 2 aromatic rings. The number of benzene rings is 2. The number of carbonyl (C=O) groups excluding carboxylic acids is 1. The number of morpholine rings is 1. The van der Waals surface area contributed by atoms with Crippen LogP contribution in [0.25, 0.3) is 0 Å². The molecule has 0 aromatic heterocycles. The summed E-state index contributed by atoms with van der Waals surface area (Å²) >= 11 is 1.24. The Morgan fingerprint density at radius 2 is 1.91 bits per heavy atom. The second-order valence-electron chi connectivity index (χ2n) is 5.33. The Hall–Kier alpha value is -1.85. The molecule has 2 aromatic carbocycles. The van der Waals surface area contributed by atoms with Crippen molar-refractivity contribution in [2.24, 2.45) is 0 Å². The Labute approximate surface area is 139 Å². The molecule has 1 amide bonds. The van der Waals surface area contributed by atoms with Crippen LogP contribution in [-0.2, 0) is 9.53 Å². The zero-order valence-corrected chi connectivity index (χ0v) is 13.5. The minimum absolute atomic E-state index is 0.0162. The maximum atomic E-state index is 13.6. The van der Waals surface area contributed by atoms with Crippen molar-refractivity contribution in [1.29, 1.82) is 0 Å². The molecule has 1 saturated heterocycles. The van der Waals surface area contributed by atoms with Crippen LogP contribution in [0.3, 0.4) is 0 Å². The van der Waals surface area contributed by atoms with Crippen LogP contribution >= 0.6 is 11.8 Å². The van der Waals surface area contributed by atoms with Gasteiger partial charge < -0.3 is 9.64 Å². The minimum atomic E-state index is -0.283. The first-order valence-corrected chi connectivity index (χ1v) is 8.54. The summed E-state index contributed by atoms with van der Waals surface area (Å²) in [4.78, 5) is 14.7. The topological polar surface area (TPSA) is 29.5 Å². The maximum absolute atomic E-state index is 13.6. The fourth-order valence-corrected chi connectivity index (χ4v) is 3.38. The lowest BCUT2D eigenvalue weighted by Crippen LogP contribution is -2.43. The van der Waals surface area contributed by atoms with E-state index >= 15 is 0 Å². The summed E-state index contributed by atoms with van der Waals surface area (Å²) in [6.45, 7) is 1.65. The first-order chi connectivity index (χ1) is 11.2. The van der Waals surface area contributed by atoms with E-state index < -0.39 is 0 Å². The van der Waals surface area contributed by atoms with Crippen molar-refractivity contribution in [3.8, 4) is 0 Å². The first kappa shape index (κ1) is 16.0. The van der Waals surface area contributed by atoms with Crippen molar-refractivity contribution in [2.75, 3.05) is 25.4 Å². The van der Waals surface area contributed by atoms with Gasteiger partial charge in [-0.25, -0.2) is 4.39 Å². The molecule has 0 radical (unpaired) electrons. The number of nitrogens with zero attached hydrogens (tertiary/aromatic N) is 1. The van der Waals surface area contributed by atoms with E-state index in [1.165, 1.54) is 17.8 Å². The predicted molar refractivity (Wildman–Crippen MR) is 88.8 cm³/mol. The van der Waals surface area contributed by atoms with Gasteiger partial charge in [0.1, 0.15) is 11.9 Å². The molecule has 120 valence electrons. The van der Waals surface area contributed by atoms with Gasteiger partial charge in [-0.05, 0) is 17.7 Å². The van der Waals surface area contributed by atoms with Crippen molar-refractivity contribution in [3.05, 3.63) is 66.0 Å². The van der Waals surface area contributed by atoms with Crippen molar-refractivity contribution in [1.82, 2.24) is 4.90 Å². The molecule has 3 rings (SSSR count). The lowest BCUT2D eigenvalue weighted by molar-refractivity contribution is -0.136. The van der Waals surface area contributed by atoms with Crippen LogP contribution in [0.15, 0.2) is 59.5 Å². The molecule has 0 bridgehead atoms. The first-order valence-electron chi connectivity index (χ1n) is 7.55. The van der Waals surface area contributed by atoms with Gasteiger partial charge in [0.15, 0.2) is 0 Å². The second kappa shape index (κ2) is 7.62. The molecule has 1 aliphatic rings. The van der Waals surface area contributed by atoms with Crippen LogP contribution < -0.4 is 0 Å².